The van der Waals surface area contributed by atoms with Crippen molar-refractivity contribution in [1.29, 1.82) is 0 Å². The summed E-state index contributed by atoms with van der Waals surface area (Å²) >= 11 is 0. The van der Waals surface area contributed by atoms with Crippen molar-refractivity contribution in [2.75, 3.05) is 13.2 Å². The fraction of sp³-hybridized carbons (Fsp3) is 1.00. The van der Waals surface area contributed by atoms with Crippen LogP contribution in [0.4, 0.5) is 0 Å². The minimum atomic E-state index is 0.303. The van der Waals surface area contributed by atoms with Crippen LogP contribution in [0, 0.1) is 0 Å². The van der Waals surface area contributed by atoms with Crippen LogP contribution in [0.25, 0.3) is 0 Å². The van der Waals surface area contributed by atoms with E-state index in [1.807, 2.05) is 0 Å². The molecule has 3 heteroatoms. The zero-order valence-electron chi connectivity index (χ0n) is 21.1. The number of ether oxygens (including phenoxy) is 3. The molecule has 2 saturated heterocycles. The second kappa shape index (κ2) is 18.3. The van der Waals surface area contributed by atoms with E-state index in [9.17, 15) is 0 Å². The van der Waals surface area contributed by atoms with Crippen LogP contribution in [-0.4, -0.2) is 37.6 Å². The molecule has 4 unspecified atom stereocenters. The van der Waals surface area contributed by atoms with Crippen LogP contribution in [-0.2, 0) is 14.2 Å². The van der Waals surface area contributed by atoms with Crippen molar-refractivity contribution in [3.05, 3.63) is 0 Å². The second-order valence-corrected chi connectivity index (χ2v) is 10.2. The van der Waals surface area contributed by atoms with E-state index in [2.05, 4.69) is 13.8 Å². The molecule has 0 saturated carbocycles. The van der Waals surface area contributed by atoms with Gasteiger partial charge in [0.15, 0.2) is 0 Å². The van der Waals surface area contributed by atoms with Gasteiger partial charge in [-0.1, -0.05) is 129 Å². The molecule has 2 aliphatic heterocycles. The molecule has 2 aliphatic rings. The number of rotatable bonds is 24. The third-order valence-corrected chi connectivity index (χ3v) is 7.08. The lowest BCUT2D eigenvalue weighted by molar-refractivity contribution is -0.0468. The van der Waals surface area contributed by atoms with Gasteiger partial charge < -0.3 is 14.2 Å². The third kappa shape index (κ3) is 14.6. The highest BCUT2D eigenvalue weighted by molar-refractivity contribution is 4.86. The molecule has 2 heterocycles. The number of hydrogen-bond acceptors (Lipinski definition) is 3. The lowest BCUT2D eigenvalue weighted by atomic mass is 10.0. The van der Waals surface area contributed by atoms with Crippen LogP contribution >= 0.6 is 0 Å². The van der Waals surface area contributed by atoms with E-state index in [-0.39, 0.29) is 0 Å². The van der Waals surface area contributed by atoms with E-state index < -0.39 is 0 Å². The summed E-state index contributed by atoms with van der Waals surface area (Å²) in [6.07, 6.45) is 28.6. The lowest BCUT2D eigenvalue weighted by Gasteiger charge is -2.23. The van der Waals surface area contributed by atoms with Gasteiger partial charge in [0.2, 0.25) is 0 Å². The van der Waals surface area contributed by atoms with Crippen LogP contribution in [0.15, 0.2) is 0 Å². The highest BCUT2D eigenvalue weighted by atomic mass is 16.6. The smallest absolute Gasteiger partial charge is 0.107 e. The van der Waals surface area contributed by atoms with E-state index in [1.165, 1.54) is 128 Å². The topological polar surface area (TPSA) is 34.3 Å². The van der Waals surface area contributed by atoms with Crippen LogP contribution in [0.1, 0.15) is 142 Å². The first kappa shape index (κ1) is 27.1. The van der Waals surface area contributed by atoms with Crippen molar-refractivity contribution in [2.24, 2.45) is 0 Å². The highest BCUT2D eigenvalue weighted by Crippen LogP contribution is 2.29. The van der Waals surface area contributed by atoms with Crippen molar-refractivity contribution < 1.29 is 14.2 Å². The van der Waals surface area contributed by atoms with Gasteiger partial charge in [0, 0.05) is 0 Å². The zero-order valence-corrected chi connectivity index (χ0v) is 21.1. The molecule has 0 aromatic heterocycles. The van der Waals surface area contributed by atoms with Crippen molar-refractivity contribution in [2.45, 2.75) is 167 Å². The first-order chi connectivity index (χ1) is 15.3. The Morgan fingerprint density at radius 1 is 0.516 bits per heavy atom. The Labute approximate surface area is 194 Å². The van der Waals surface area contributed by atoms with Gasteiger partial charge >= 0.3 is 0 Å². The summed E-state index contributed by atoms with van der Waals surface area (Å²) in [7, 11) is 0. The average molecular weight is 439 g/mol. The summed E-state index contributed by atoms with van der Waals surface area (Å²) in [5.41, 5.74) is 0. The maximum absolute atomic E-state index is 6.59. The van der Waals surface area contributed by atoms with Gasteiger partial charge in [-0.05, 0) is 12.8 Å². The monoisotopic (exact) mass is 438 g/mol. The Hall–Kier alpha value is -0.120. The molecule has 2 rings (SSSR count). The minimum absolute atomic E-state index is 0.303. The summed E-state index contributed by atoms with van der Waals surface area (Å²) in [4.78, 5) is 0. The molecule has 2 fully saturated rings. The molecule has 184 valence electrons. The summed E-state index contributed by atoms with van der Waals surface area (Å²) in [6.45, 7) is 6.38. The molecule has 0 spiro atoms. The Kier molecular flexibility index (Phi) is 16.0. The Morgan fingerprint density at radius 2 is 0.806 bits per heavy atom. The molecule has 0 aromatic rings. The predicted octanol–water partition coefficient (Wildman–Crippen LogP) is 8.38. The molecule has 0 radical (unpaired) electrons. The summed E-state index contributed by atoms with van der Waals surface area (Å²) in [5.74, 6) is 0. The lowest BCUT2D eigenvalue weighted by Crippen LogP contribution is -2.30. The molecule has 4 atom stereocenters. The standard InChI is InChI=1S/C28H54O3/c1-3-5-7-9-11-13-15-17-19-21-25(27-23-29-27)31-26(28-24-30-28)22-20-18-16-14-12-10-8-6-4-2/h25-28H,3-24H2,1-2H3. The number of hydrogen-bond donors (Lipinski definition) is 0. The largest absolute Gasteiger partial charge is 0.370 e. The zero-order chi connectivity index (χ0) is 22.0. The number of unbranched alkanes of at least 4 members (excludes halogenated alkanes) is 16. The normalized spacial score (nSPS) is 21.9. The molecule has 31 heavy (non-hydrogen) atoms. The second-order valence-electron chi connectivity index (χ2n) is 10.2. The SMILES string of the molecule is CCCCCCCCCCCC(OC(CCCCCCCCCCC)C1CO1)C1CO1. The Morgan fingerprint density at radius 3 is 1.10 bits per heavy atom. The number of epoxide rings is 2. The van der Waals surface area contributed by atoms with Crippen molar-refractivity contribution in [3.8, 4) is 0 Å². The van der Waals surface area contributed by atoms with Gasteiger partial charge in [0.05, 0.1) is 25.4 Å². The van der Waals surface area contributed by atoms with Crippen molar-refractivity contribution in [1.82, 2.24) is 0 Å². The quantitative estimate of drug-likeness (QED) is 0.112. The molecular formula is C28H54O3. The van der Waals surface area contributed by atoms with Crippen LogP contribution < -0.4 is 0 Å². The van der Waals surface area contributed by atoms with E-state index in [0.717, 1.165) is 13.2 Å². The Bertz CT molecular complexity index is 356. The highest BCUT2D eigenvalue weighted by Gasteiger charge is 2.39. The average Bonchev–Trinajstić information content (AvgIpc) is 3.68. The molecular weight excluding hydrogens is 384 g/mol. The van der Waals surface area contributed by atoms with Crippen LogP contribution in [0.3, 0.4) is 0 Å². The van der Waals surface area contributed by atoms with Crippen LogP contribution in [0.2, 0.25) is 0 Å². The minimum Gasteiger partial charge on any atom is -0.370 e. The first-order valence-electron chi connectivity index (χ1n) is 14.2. The molecule has 0 aliphatic carbocycles. The predicted molar refractivity (Wildman–Crippen MR) is 132 cm³/mol. The summed E-state index contributed by atoms with van der Waals surface area (Å²) < 4.78 is 17.9. The molecule has 0 N–H and O–H groups in total. The molecule has 0 amide bonds. The third-order valence-electron chi connectivity index (χ3n) is 7.08. The van der Waals surface area contributed by atoms with E-state index >= 15 is 0 Å². The maximum Gasteiger partial charge on any atom is 0.107 e. The Balaban J connectivity index is 1.50. The summed E-state index contributed by atoms with van der Waals surface area (Å²) in [6, 6.07) is 0. The van der Waals surface area contributed by atoms with Gasteiger partial charge in [-0.2, -0.15) is 0 Å². The molecule has 0 aromatic carbocycles. The maximum atomic E-state index is 6.59. The van der Waals surface area contributed by atoms with Gasteiger partial charge in [0.1, 0.15) is 12.2 Å². The van der Waals surface area contributed by atoms with Crippen molar-refractivity contribution >= 4 is 0 Å². The van der Waals surface area contributed by atoms with Gasteiger partial charge in [0.25, 0.3) is 0 Å². The van der Waals surface area contributed by atoms with E-state index in [0.29, 0.717) is 24.4 Å². The van der Waals surface area contributed by atoms with E-state index in [4.69, 9.17) is 14.2 Å². The van der Waals surface area contributed by atoms with Gasteiger partial charge in [-0.25, -0.2) is 0 Å². The first-order valence-corrected chi connectivity index (χ1v) is 14.2. The fourth-order valence-electron chi connectivity index (χ4n) is 4.76. The molecule has 0 bridgehead atoms. The van der Waals surface area contributed by atoms with E-state index in [1.54, 1.807) is 0 Å². The van der Waals surface area contributed by atoms with Gasteiger partial charge in [-0.15, -0.1) is 0 Å². The molecule has 3 nitrogen and oxygen atoms in total. The van der Waals surface area contributed by atoms with Crippen LogP contribution in [0.5, 0.6) is 0 Å². The summed E-state index contributed by atoms with van der Waals surface area (Å²) in [5, 5.41) is 0. The van der Waals surface area contributed by atoms with Gasteiger partial charge in [-0.3, -0.25) is 0 Å². The fourth-order valence-corrected chi connectivity index (χ4v) is 4.76. The van der Waals surface area contributed by atoms with Crippen molar-refractivity contribution in [3.63, 3.8) is 0 Å².